The maximum Gasteiger partial charge on any atom is 0.0453 e. The van der Waals surface area contributed by atoms with E-state index in [0.717, 1.165) is 30.0 Å². The van der Waals surface area contributed by atoms with Crippen molar-refractivity contribution in [1.82, 2.24) is 5.32 Å². The Labute approximate surface area is 137 Å². The maximum atomic E-state index is 6.18. The highest BCUT2D eigenvalue weighted by atomic mass is 35.5. The third-order valence-corrected chi connectivity index (χ3v) is 4.33. The second-order valence-electron chi connectivity index (χ2n) is 5.26. The van der Waals surface area contributed by atoms with Crippen LogP contribution in [0.4, 0.5) is 0 Å². The molecule has 1 nitrogen and oxygen atoms in total. The minimum absolute atomic E-state index is 0.335. The predicted octanol–water partition coefficient (Wildman–Crippen LogP) is 5.45. The summed E-state index contributed by atoms with van der Waals surface area (Å²) in [5.41, 5.74) is 3.82. The van der Waals surface area contributed by atoms with Crippen molar-refractivity contribution in [3.8, 4) is 0 Å². The summed E-state index contributed by atoms with van der Waals surface area (Å²) in [6, 6.07) is 14.8. The van der Waals surface area contributed by atoms with Crippen LogP contribution in [0.15, 0.2) is 42.5 Å². The quantitative estimate of drug-likeness (QED) is 0.746. The highest BCUT2D eigenvalue weighted by molar-refractivity contribution is 6.35. The molecule has 0 saturated carbocycles. The molecule has 0 amide bonds. The topological polar surface area (TPSA) is 12.0 Å². The molecule has 0 aliphatic rings. The van der Waals surface area contributed by atoms with E-state index in [4.69, 9.17) is 23.2 Å². The van der Waals surface area contributed by atoms with Gasteiger partial charge in [0.25, 0.3) is 0 Å². The van der Waals surface area contributed by atoms with E-state index >= 15 is 0 Å². The lowest BCUT2D eigenvalue weighted by atomic mass is 10.0. The monoisotopic (exact) mass is 321 g/mol. The summed E-state index contributed by atoms with van der Waals surface area (Å²) in [5, 5.41) is 4.96. The zero-order chi connectivity index (χ0) is 15.2. The zero-order valence-corrected chi connectivity index (χ0v) is 14.0. The largest absolute Gasteiger partial charge is 0.310 e. The summed E-state index contributed by atoms with van der Waals surface area (Å²) in [5.74, 6) is 0. The second kappa shape index (κ2) is 7.84. The average Bonchev–Trinajstić information content (AvgIpc) is 2.49. The predicted molar refractivity (Wildman–Crippen MR) is 92.4 cm³/mol. The molecule has 0 saturated heterocycles. The standard InChI is InChI=1S/C18H21Cl2N/c1-3-14-4-6-15(7-5-14)13(2)21-11-10-16-8-9-17(19)12-18(16)20/h4-9,12-13,21H,3,10-11H2,1-2H3. The Kier molecular flexibility index (Phi) is 6.10. The Balaban J connectivity index is 1.87. The van der Waals surface area contributed by atoms with Gasteiger partial charge in [0, 0.05) is 16.1 Å². The van der Waals surface area contributed by atoms with Crippen LogP contribution in [0.3, 0.4) is 0 Å². The summed E-state index contributed by atoms with van der Waals surface area (Å²) in [6.45, 7) is 5.25. The lowest BCUT2D eigenvalue weighted by Gasteiger charge is -2.15. The van der Waals surface area contributed by atoms with Crippen LogP contribution in [-0.2, 0) is 12.8 Å². The molecule has 0 aromatic heterocycles. The molecule has 0 bridgehead atoms. The first-order valence-corrected chi connectivity index (χ1v) is 8.12. The van der Waals surface area contributed by atoms with E-state index < -0.39 is 0 Å². The molecular weight excluding hydrogens is 301 g/mol. The SMILES string of the molecule is CCc1ccc(C(C)NCCc2ccc(Cl)cc2Cl)cc1. The van der Waals surface area contributed by atoms with Crippen molar-refractivity contribution in [1.29, 1.82) is 0 Å². The van der Waals surface area contributed by atoms with Crippen molar-refractivity contribution in [3.63, 3.8) is 0 Å². The van der Waals surface area contributed by atoms with Crippen LogP contribution in [0.5, 0.6) is 0 Å². The van der Waals surface area contributed by atoms with Crippen LogP contribution in [-0.4, -0.2) is 6.54 Å². The van der Waals surface area contributed by atoms with E-state index in [2.05, 4.69) is 43.4 Å². The van der Waals surface area contributed by atoms with Gasteiger partial charge in [0.1, 0.15) is 0 Å². The molecule has 1 N–H and O–H groups in total. The molecule has 0 aliphatic heterocycles. The summed E-state index contributed by atoms with van der Waals surface area (Å²) in [4.78, 5) is 0. The van der Waals surface area contributed by atoms with Gasteiger partial charge < -0.3 is 5.32 Å². The summed E-state index contributed by atoms with van der Waals surface area (Å²) < 4.78 is 0. The van der Waals surface area contributed by atoms with E-state index in [1.165, 1.54) is 11.1 Å². The fourth-order valence-corrected chi connectivity index (χ4v) is 2.81. The third kappa shape index (κ3) is 4.74. The molecule has 0 fully saturated rings. The summed E-state index contributed by atoms with van der Waals surface area (Å²) in [7, 11) is 0. The van der Waals surface area contributed by atoms with E-state index in [1.807, 2.05) is 12.1 Å². The summed E-state index contributed by atoms with van der Waals surface area (Å²) in [6.07, 6.45) is 1.98. The minimum Gasteiger partial charge on any atom is -0.310 e. The Bertz CT molecular complexity index is 578. The van der Waals surface area contributed by atoms with E-state index in [9.17, 15) is 0 Å². The number of aryl methyl sites for hydroxylation is 1. The Morgan fingerprint density at radius 2 is 1.76 bits per heavy atom. The van der Waals surface area contributed by atoms with Gasteiger partial charge in [-0.25, -0.2) is 0 Å². The van der Waals surface area contributed by atoms with E-state index in [-0.39, 0.29) is 0 Å². The number of benzene rings is 2. The van der Waals surface area contributed by atoms with Crippen molar-refractivity contribution < 1.29 is 0 Å². The fraction of sp³-hybridized carbons (Fsp3) is 0.333. The lowest BCUT2D eigenvalue weighted by Crippen LogP contribution is -2.21. The average molecular weight is 322 g/mol. The molecule has 0 heterocycles. The Morgan fingerprint density at radius 1 is 1.05 bits per heavy atom. The minimum atomic E-state index is 0.335. The molecule has 1 atom stereocenters. The van der Waals surface area contributed by atoms with Crippen molar-refractivity contribution in [2.24, 2.45) is 0 Å². The molecule has 0 radical (unpaired) electrons. The first-order chi connectivity index (χ1) is 10.1. The lowest BCUT2D eigenvalue weighted by molar-refractivity contribution is 0.577. The second-order valence-corrected chi connectivity index (χ2v) is 6.10. The highest BCUT2D eigenvalue weighted by Crippen LogP contribution is 2.21. The van der Waals surface area contributed by atoms with Crippen LogP contribution in [0, 0.1) is 0 Å². The first-order valence-electron chi connectivity index (χ1n) is 7.36. The molecule has 0 spiro atoms. The molecule has 2 rings (SSSR count). The van der Waals surface area contributed by atoms with Crippen molar-refractivity contribution in [2.45, 2.75) is 32.7 Å². The zero-order valence-electron chi connectivity index (χ0n) is 12.5. The van der Waals surface area contributed by atoms with Gasteiger partial charge in [0.2, 0.25) is 0 Å². The van der Waals surface area contributed by atoms with Crippen molar-refractivity contribution in [3.05, 3.63) is 69.2 Å². The molecule has 2 aromatic carbocycles. The van der Waals surface area contributed by atoms with Crippen molar-refractivity contribution >= 4 is 23.2 Å². The van der Waals surface area contributed by atoms with Gasteiger partial charge >= 0.3 is 0 Å². The van der Waals surface area contributed by atoms with Crippen LogP contribution in [0.1, 0.15) is 36.6 Å². The normalized spacial score (nSPS) is 12.4. The molecule has 21 heavy (non-hydrogen) atoms. The van der Waals surface area contributed by atoms with Crippen LogP contribution in [0.2, 0.25) is 10.0 Å². The van der Waals surface area contributed by atoms with Gasteiger partial charge in [-0.1, -0.05) is 60.5 Å². The summed E-state index contributed by atoms with van der Waals surface area (Å²) >= 11 is 12.1. The number of nitrogens with one attached hydrogen (secondary N) is 1. The number of rotatable bonds is 6. The van der Waals surface area contributed by atoms with Crippen LogP contribution >= 0.6 is 23.2 Å². The fourth-order valence-electron chi connectivity index (χ4n) is 2.31. The van der Waals surface area contributed by atoms with E-state index in [1.54, 1.807) is 6.07 Å². The van der Waals surface area contributed by atoms with Gasteiger partial charge in [-0.2, -0.15) is 0 Å². The number of halogens is 2. The first kappa shape index (κ1) is 16.4. The molecular formula is C18H21Cl2N. The smallest absolute Gasteiger partial charge is 0.0453 e. The molecule has 2 aromatic rings. The number of hydrogen-bond donors (Lipinski definition) is 1. The molecule has 3 heteroatoms. The molecule has 112 valence electrons. The van der Waals surface area contributed by atoms with Gasteiger partial charge in [-0.05, 0) is 55.1 Å². The third-order valence-electron chi connectivity index (χ3n) is 3.75. The van der Waals surface area contributed by atoms with Gasteiger partial charge in [-0.15, -0.1) is 0 Å². The van der Waals surface area contributed by atoms with Crippen LogP contribution in [0.25, 0.3) is 0 Å². The van der Waals surface area contributed by atoms with Gasteiger partial charge in [0.15, 0.2) is 0 Å². The van der Waals surface area contributed by atoms with Crippen molar-refractivity contribution in [2.75, 3.05) is 6.54 Å². The van der Waals surface area contributed by atoms with E-state index in [0.29, 0.717) is 11.1 Å². The van der Waals surface area contributed by atoms with Crippen LogP contribution < -0.4 is 5.32 Å². The van der Waals surface area contributed by atoms with Gasteiger partial charge in [0.05, 0.1) is 0 Å². The Morgan fingerprint density at radius 3 is 2.38 bits per heavy atom. The Hall–Kier alpha value is -1.02. The molecule has 1 unspecified atom stereocenters. The highest BCUT2D eigenvalue weighted by Gasteiger charge is 2.06. The molecule has 0 aliphatic carbocycles. The van der Waals surface area contributed by atoms with Gasteiger partial charge in [-0.3, -0.25) is 0 Å². The maximum absolute atomic E-state index is 6.18. The number of hydrogen-bond acceptors (Lipinski definition) is 1.